The second kappa shape index (κ2) is 6.63. The Labute approximate surface area is 113 Å². The maximum atomic E-state index is 13.0. The molecule has 1 aromatic carbocycles. The Hall–Kier alpha value is -1.46. The number of carbonyl (C=O) groups excluding carboxylic acids is 1. The molecule has 0 aliphatic heterocycles. The molecule has 0 atom stereocenters. The van der Waals surface area contributed by atoms with Gasteiger partial charge in [-0.3, -0.25) is 9.69 Å². The number of carbonyl (C=O) groups is 1. The van der Waals surface area contributed by atoms with Crippen molar-refractivity contribution in [2.45, 2.75) is 13.8 Å². The summed E-state index contributed by atoms with van der Waals surface area (Å²) < 4.78 is 13.0. The van der Waals surface area contributed by atoms with Gasteiger partial charge in [0.1, 0.15) is 5.82 Å². The van der Waals surface area contributed by atoms with Gasteiger partial charge in [-0.25, -0.2) is 4.39 Å². The molecule has 0 saturated carbocycles. The van der Waals surface area contributed by atoms with Crippen molar-refractivity contribution in [2.24, 2.45) is 11.1 Å². The first-order chi connectivity index (χ1) is 8.82. The molecule has 0 heterocycles. The molecule has 4 nitrogen and oxygen atoms in total. The van der Waals surface area contributed by atoms with Gasteiger partial charge >= 0.3 is 0 Å². The van der Waals surface area contributed by atoms with Gasteiger partial charge in [0.05, 0.1) is 6.54 Å². The van der Waals surface area contributed by atoms with Gasteiger partial charge in [0, 0.05) is 12.2 Å². The van der Waals surface area contributed by atoms with Crippen molar-refractivity contribution >= 4 is 11.6 Å². The summed E-state index contributed by atoms with van der Waals surface area (Å²) in [7, 11) is 1.86. The predicted octanol–water partition coefficient (Wildman–Crippen LogP) is 1.68. The van der Waals surface area contributed by atoms with E-state index in [2.05, 4.69) is 5.32 Å². The standard InChI is InChI=1S/C14H22FN3O/c1-14(2,9-16)10-18(3)8-13(19)17-12-6-4-5-11(15)7-12/h4-7H,8-10,16H2,1-3H3,(H,17,19). The van der Waals surface area contributed by atoms with E-state index in [0.717, 1.165) is 6.54 Å². The highest BCUT2D eigenvalue weighted by Gasteiger charge is 2.19. The third kappa shape index (κ3) is 5.81. The van der Waals surface area contributed by atoms with E-state index < -0.39 is 0 Å². The molecule has 0 aliphatic carbocycles. The monoisotopic (exact) mass is 267 g/mol. The molecule has 0 spiro atoms. The molecule has 0 bridgehead atoms. The summed E-state index contributed by atoms with van der Waals surface area (Å²) in [5.74, 6) is -0.531. The Kier molecular flexibility index (Phi) is 5.44. The molecular weight excluding hydrogens is 245 g/mol. The number of likely N-dealkylation sites (N-methyl/N-ethyl adjacent to an activating group) is 1. The van der Waals surface area contributed by atoms with E-state index in [1.807, 2.05) is 25.8 Å². The number of nitrogens with zero attached hydrogens (tertiary/aromatic N) is 1. The van der Waals surface area contributed by atoms with Crippen LogP contribution in [0.1, 0.15) is 13.8 Å². The van der Waals surface area contributed by atoms with Gasteiger partial charge in [0.25, 0.3) is 0 Å². The summed E-state index contributed by atoms with van der Waals surface area (Å²) in [5, 5.41) is 2.67. The van der Waals surface area contributed by atoms with Gasteiger partial charge in [-0.2, -0.15) is 0 Å². The van der Waals surface area contributed by atoms with Crippen molar-refractivity contribution in [1.82, 2.24) is 4.90 Å². The smallest absolute Gasteiger partial charge is 0.238 e. The largest absolute Gasteiger partial charge is 0.330 e. The normalized spacial score (nSPS) is 11.7. The van der Waals surface area contributed by atoms with Gasteiger partial charge in [-0.1, -0.05) is 19.9 Å². The summed E-state index contributed by atoms with van der Waals surface area (Å²) in [6.07, 6.45) is 0. The fourth-order valence-corrected chi connectivity index (χ4v) is 1.86. The van der Waals surface area contributed by atoms with E-state index in [9.17, 15) is 9.18 Å². The van der Waals surface area contributed by atoms with Gasteiger partial charge in [0.2, 0.25) is 5.91 Å². The minimum atomic E-state index is -0.365. The van der Waals surface area contributed by atoms with Gasteiger partial charge in [-0.05, 0) is 37.2 Å². The first-order valence-corrected chi connectivity index (χ1v) is 6.26. The second-order valence-electron chi connectivity index (χ2n) is 5.60. The molecule has 0 aromatic heterocycles. The highest BCUT2D eigenvalue weighted by Crippen LogP contribution is 2.14. The lowest BCUT2D eigenvalue weighted by Crippen LogP contribution is -2.40. The van der Waals surface area contributed by atoms with Crippen molar-refractivity contribution in [3.63, 3.8) is 0 Å². The number of benzene rings is 1. The summed E-state index contributed by atoms with van der Waals surface area (Å²) in [5.41, 5.74) is 6.09. The van der Waals surface area contributed by atoms with Crippen LogP contribution < -0.4 is 11.1 Å². The Balaban J connectivity index is 2.47. The third-order valence-electron chi connectivity index (χ3n) is 2.77. The molecule has 1 rings (SSSR count). The van der Waals surface area contributed by atoms with E-state index in [-0.39, 0.29) is 23.7 Å². The van der Waals surface area contributed by atoms with E-state index in [1.165, 1.54) is 12.1 Å². The van der Waals surface area contributed by atoms with Crippen molar-refractivity contribution in [1.29, 1.82) is 0 Å². The molecular formula is C14H22FN3O. The number of anilines is 1. The quantitative estimate of drug-likeness (QED) is 0.824. The zero-order chi connectivity index (χ0) is 14.5. The van der Waals surface area contributed by atoms with Crippen LogP contribution in [-0.4, -0.2) is 37.5 Å². The molecule has 0 radical (unpaired) electrons. The molecule has 1 amide bonds. The molecule has 0 aliphatic rings. The summed E-state index contributed by atoms with van der Waals surface area (Å²) in [6.45, 7) is 5.63. The van der Waals surface area contributed by atoms with E-state index in [1.54, 1.807) is 12.1 Å². The molecule has 1 aromatic rings. The Morgan fingerprint density at radius 2 is 2.16 bits per heavy atom. The number of halogens is 1. The van der Waals surface area contributed by atoms with Crippen LogP contribution in [0.4, 0.5) is 10.1 Å². The molecule has 3 N–H and O–H groups in total. The fraction of sp³-hybridized carbons (Fsp3) is 0.500. The minimum Gasteiger partial charge on any atom is -0.330 e. The first-order valence-electron chi connectivity index (χ1n) is 6.26. The lowest BCUT2D eigenvalue weighted by molar-refractivity contribution is -0.117. The van der Waals surface area contributed by atoms with Crippen LogP contribution in [0.5, 0.6) is 0 Å². The molecule has 19 heavy (non-hydrogen) atoms. The second-order valence-corrected chi connectivity index (χ2v) is 5.60. The number of nitrogens with two attached hydrogens (primary N) is 1. The van der Waals surface area contributed by atoms with Gasteiger partial charge in [-0.15, -0.1) is 0 Å². The van der Waals surface area contributed by atoms with Crippen LogP contribution in [0, 0.1) is 11.2 Å². The lowest BCUT2D eigenvalue weighted by Gasteiger charge is -2.28. The lowest BCUT2D eigenvalue weighted by atomic mass is 9.93. The topological polar surface area (TPSA) is 58.4 Å². The SMILES string of the molecule is CN(CC(=O)Nc1cccc(F)c1)CC(C)(C)CN. The molecule has 0 unspecified atom stereocenters. The van der Waals surface area contributed by atoms with Gasteiger partial charge < -0.3 is 11.1 Å². The first kappa shape index (κ1) is 15.6. The molecule has 0 saturated heterocycles. The van der Waals surface area contributed by atoms with Gasteiger partial charge in [0.15, 0.2) is 0 Å². The number of amides is 1. The molecule has 106 valence electrons. The number of rotatable bonds is 6. The zero-order valence-electron chi connectivity index (χ0n) is 11.7. The third-order valence-corrected chi connectivity index (χ3v) is 2.77. The average molecular weight is 267 g/mol. The average Bonchev–Trinajstić information content (AvgIpc) is 2.27. The Bertz CT molecular complexity index is 434. The Morgan fingerprint density at radius 3 is 2.74 bits per heavy atom. The van der Waals surface area contributed by atoms with E-state index >= 15 is 0 Å². The van der Waals surface area contributed by atoms with Crippen LogP contribution in [0.3, 0.4) is 0 Å². The minimum absolute atomic E-state index is 0.0338. The van der Waals surface area contributed by atoms with E-state index in [4.69, 9.17) is 5.73 Å². The molecule has 5 heteroatoms. The van der Waals surface area contributed by atoms with Crippen molar-refractivity contribution in [2.75, 3.05) is 32.0 Å². The number of nitrogens with one attached hydrogen (secondary N) is 1. The molecule has 0 fully saturated rings. The number of hydrogen-bond acceptors (Lipinski definition) is 3. The van der Waals surface area contributed by atoms with Crippen molar-refractivity contribution in [3.05, 3.63) is 30.1 Å². The zero-order valence-corrected chi connectivity index (χ0v) is 11.7. The summed E-state index contributed by atoms with van der Waals surface area (Å²) in [4.78, 5) is 13.7. The highest BCUT2D eigenvalue weighted by atomic mass is 19.1. The number of hydrogen-bond donors (Lipinski definition) is 2. The predicted molar refractivity (Wildman–Crippen MR) is 75.4 cm³/mol. The van der Waals surface area contributed by atoms with Crippen LogP contribution in [0.25, 0.3) is 0 Å². The summed E-state index contributed by atoms with van der Waals surface area (Å²) >= 11 is 0. The fourth-order valence-electron chi connectivity index (χ4n) is 1.86. The Morgan fingerprint density at radius 1 is 1.47 bits per heavy atom. The van der Waals surface area contributed by atoms with Crippen LogP contribution in [-0.2, 0) is 4.79 Å². The van der Waals surface area contributed by atoms with Crippen LogP contribution >= 0.6 is 0 Å². The maximum Gasteiger partial charge on any atom is 0.238 e. The van der Waals surface area contributed by atoms with Crippen LogP contribution in [0.15, 0.2) is 24.3 Å². The van der Waals surface area contributed by atoms with Crippen LogP contribution in [0.2, 0.25) is 0 Å². The van der Waals surface area contributed by atoms with Crippen molar-refractivity contribution in [3.8, 4) is 0 Å². The summed E-state index contributed by atoms with van der Waals surface area (Å²) in [6, 6.07) is 5.85. The highest BCUT2D eigenvalue weighted by molar-refractivity contribution is 5.92. The maximum absolute atomic E-state index is 13.0. The van der Waals surface area contributed by atoms with E-state index in [0.29, 0.717) is 12.2 Å². The van der Waals surface area contributed by atoms with Crippen molar-refractivity contribution < 1.29 is 9.18 Å².